The third-order valence-corrected chi connectivity index (χ3v) is 3.84. The molecule has 2 atom stereocenters. The van der Waals surface area contributed by atoms with Crippen LogP contribution >= 0.6 is 0 Å². The Hall–Kier alpha value is -2.04. The van der Waals surface area contributed by atoms with E-state index in [0.29, 0.717) is 19.4 Å². The maximum absolute atomic E-state index is 12.3. The summed E-state index contributed by atoms with van der Waals surface area (Å²) in [6, 6.07) is 6.52. The second-order valence-corrected chi connectivity index (χ2v) is 5.34. The third kappa shape index (κ3) is 3.29. The van der Waals surface area contributed by atoms with Crippen LogP contribution in [0.3, 0.4) is 0 Å². The monoisotopic (exact) mass is 277 g/mol. The van der Waals surface area contributed by atoms with Gasteiger partial charge in [-0.25, -0.2) is 0 Å². The van der Waals surface area contributed by atoms with Gasteiger partial charge in [0.1, 0.15) is 5.75 Å². The first-order chi connectivity index (χ1) is 9.47. The molecule has 0 aromatic heterocycles. The number of carbonyl (C=O) groups excluding carboxylic acids is 1. The van der Waals surface area contributed by atoms with Crippen molar-refractivity contribution in [1.82, 2.24) is 4.90 Å². The number of hydrogen-bond acceptors (Lipinski definition) is 3. The lowest BCUT2D eigenvalue weighted by atomic mass is 9.91. The molecule has 20 heavy (non-hydrogen) atoms. The number of amides is 1. The molecule has 1 aromatic rings. The first-order valence-corrected chi connectivity index (χ1v) is 6.77. The lowest BCUT2D eigenvalue weighted by Gasteiger charge is -2.36. The summed E-state index contributed by atoms with van der Waals surface area (Å²) in [7, 11) is 0. The number of phenols is 1. The minimum absolute atomic E-state index is 0.00651. The number of aliphatic carboxylic acids is 1. The van der Waals surface area contributed by atoms with Crippen molar-refractivity contribution in [3.8, 4) is 5.75 Å². The zero-order valence-electron chi connectivity index (χ0n) is 11.5. The average molecular weight is 277 g/mol. The molecule has 1 saturated heterocycles. The van der Waals surface area contributed by atoms with Crippen LogP contribution in [0.1, 0.15) is 25.3 Å². The Balaban J connectivity index is 1.96. The Morgan fingerprint density at radius 3 is 2.50 bits per heavy atom. The minimum Gasteiger partial charge on any atom is -0.508 e. The van der Waals surface area contributed by atoms with Crippen LogP contribution in [0.15, 0.2) is 24.3 Å². The molecule has 5 heteroatoms. The van der Waals surface area contributed by atoms with Crippen molar-refractivity contribution in [3.63, 3.8) is 0 Å². The fourth-order valence-corrected chi connectivity index (χ4v) is 2.66. The molecule has 0 aliphatic carbocycles. The van der Waals surface area contributed by atoms with Crippen LogP contribution < -0.4 is 0 Å². The number of carboxylic acid groups (broad SMARTS) is 1. The van der Waals surface area contributed by atoms with E-state index < -0.39 is 5.97 Å². The van der Waals surface area contributed by atoms with Gasteiger partial charge in [0, 0.05) is 12.6 Å². The van der Waals surface area contributed by atoms with Gasteiger partial charge in [-0.3, -0.25) is 9.59 Å². The second kappa shape index (κ2) is 5.94. The normalized spacial score (nSPS) is 22.6. The quantitative estimate of drug-likeness (QED) is 0.880. The minimum atomic E-state index is -0.775. The summed E-state index contributed by atoms with van der Waals surface area (Å²) >= 11 is 0. The molecule has 0 spiro atoms. The second-order valence-electron chi connectivity index (χ2n) is 5.34. The summed E-state index contributed by atoms with van der Waals surface area (Å²) in [6.07, 6.45) is 1.31. The molecule has 1 amide bonds. The van der Waals surface area contributed by atoms with Crippen LogP contribution in [0.25, 0.3) is 0 Å². The van der Waals surface area contributed by atoms with Crippen molar-refractivity contribution < 1.29 is 19.8 Å². The molecule has 2 rings (SSSR count). The summed E-state index contributed by atoms with van der Waals surface area (Å²) in [4.78, 5) is 25.0. The fourth-order valence-electron chi connectivity index (χ4n) is 2.66. The first kappa shape index (κ1) is 14.4. The van der Waals surface area contributed by atoms with Gasteiger partial charge >= 0.3 is 5.97 Å². The summed E-state index contributed by atoms with van der Waals surface area (Å²) < 4.78 is 0. The van der Waals surface area contributed by atoms with Crippen LogP contribution in [-0.4, -0.2) is 39.6 Å². The number of likely N-dealkylation sites (tertiary alicyclic amines) is 1. The predicted octanol–water partition coefficient (Wildman–Crippen LogP) is 1.65. The number of phenolic OH excluding ortho intramolecular Hbond substituents is 1. The van der Waals surface area contributed by atoms with Gasteiger partial charge in [-0.2, -0.15) is 0 Å². The van der Waals surface area contributed by atoms with E-state index in [1.54, 1.807) is 29.2 Å². The maximum Gasteiger partial charge on any atom is 0.306 e. The van der Waals surface area contributed by atoms with Gasteiger partial charge in [0.25, 0.3) is 0 Å². The van der Waals surface area contributed by atoms with Crippen molar-refractivity contribution in [3.05, 3.63) is 29.8 Å². The van der Waals surface area contributed by atoms with E-state index in [0.717, 1.165) is 5.56 Å². The molecule has 1 heterocycles. The Morgan fingerprint density at radius 2 is 1.95 bits per heavy atom. The average Bonchev–Trinajstić information content (AvgIpc) is 2.41. The number of aromatic hydroxyl groups is 1. The van der Waals surface area contributed by atoms with Crippen molar-refractivity contribution in [2.45, 2.75) is 32.2 Å². The van der Waals surface area contributed by atoms with Gasteiger partial charge in [0.05, 0.1) is 12.3 Å². The largest absolute Gasteiger partial charge is 0.508 e. The van der Waals surface area contributed by atoms with Crippen LogP contribution in [-0.2, 0) is 16.0 Å². The SMILES string of the molecule is CC1CC(C(=O)O)CCN1C(=O)Cc1ccc(O)cc1. The van der Waals surface area contributed by atoms with Crippen LogP contribution in [0, 0.1) is 5.92 Å². The lowest BCUT2D eigenvalue weighted by molar-refractivity contribution is -0.147. The molecular weight excluding hydrogens is 258 g/mol. The molecule has 1 aliphatic heterocycles. The van der Waals surface area contributed by atoms with E-state index in [2.05, 4.69) is 0 Å². The van der Waals surface area contributed by atoms with Gasteiger partial charge in [-0.05, 0) is 37.5 Å². The molecule has 0 saturated carbocycles. The number of carbonyl (C=O) groups is 2. The predicted molar refractivity (Wildman–Crippen MR) is 73.3 cm³/mol. The van der Waals surface area contributed by atoms with E-state index in [1.165, 1.54) is 0 Å². The van der Waals surface area contributed by atoms with E-state index in [9.17, 15) is 14.7 Å². The third-order valence-electron chi connectivity index (χ3n) is 3.84. The topological polar surface area (TPSA) is 77.8 Å². The van der Waals surface area contributed by atoms with Crippen LogP contribution in [0.4, 0.5) is 0 Å². The standard InChI is InChI=1S/C15H19NO4/c1-10-8-12(15(19)20)6-7-16(10)14(18)9-11-2-4-13(17)5-3-11/h2-5,10,12,17H,6-9H2,1H3,(H,19,20). The van der Waals surface area contributed by atoms with E-state index >= 15 is 0 Å². The molecular formula is C15H19NO4. The van der Waals surface area contributed by atoms with Crippen LogP contribution in [0.2, 0.25) is 0 Å². The van der Waals surface area contributed by atoms with Gasteiger partial charge in [-0.15, -0.1) is 0 Å². The highest BCUT2D eigenvalue weighted by Gasteiger charge is 2.31. The van der Waals surface area contributed by atoms with E-state index in [1.807, 2.05) is 6.92 Å². The molecule has 2 N–H and O–H groups in total. The van der Waals surface area contributed by atoms with Gasteiger partial charge < -0.3 is 15.1 Å². The Morgan fingerprint density at radius 1 is 1.30 bits per heavy atom. The fraction of sp³-hybridized carbons (Fsp3) is 0.467. The molecule has 0 radical (unpaired) electrons. The zero-order valence-corrected chi connectivity index (χ0v) is 11.5. The number of rotatable bonds is 3. The highest BCUT2D eigenvalue weighted by molar-refractivity contribution is 5.79. The number of piperidine rings is 1. The van der Waals surface area contributed by atoms with Gasteiger partial charge in [-0.1, -0.05) is 12.1 Å². The van der Waals surface area contributed by atoms with Gasteiger partial charge in [0.15, 0.2) is 0 Å². The summed E-state index contributed by atoms with van der Waals surface area (Å²) in [5.74, 6) is -0.936. The number of nitrogens with zero attached hydrogens (tertiary/aromatic N) is 1. The zero-order chi connectivity index (χ0) is 14.7. The summed E-state index contributed by atoms with van der Waals surface area (Å²) in [5.41, 5.74) is 0.848. The maximum atomic E-state index is 12.3. The highest BCUT2D eigenvalue weighted by atomic mass is 16.4. The molecule has 1 aliphatic rings. The molecule has 5 nitrogen and oxygen atoms in total. The molecule has 0 bridgehead atoms. The molecule has 108 valence electrons. The highest BCUT2D eigenvalue weighted by Crippen LogP contribution is 2.24. The Labute approximate surface area is 117 Å². The molecule has 1 fully saturated rings. The summed E-state index contributed by atoms with van der Waals surface area (Å²) in [6.45, 7) is 2.39. The number of benzene rings is 1. The Kier molecular flexibility index (Phi) is 4.27. The van der Waals surface area contributed by atoms with Crippen molar-refractivity contribution in [2.24, 2.45) is 5.92 Å². The number of hydrogen-bond donors (Lipinski definition) is 2. The first-order valence-electron chi connectivity index (χ1n) is 6.77. The lowest BCUT2D eigenvalue weighted by Crippen LogP contribution is -2.46. The Bertz CT molecular complexity index is 497. The molecule has 2 unspecified atom stereocenters. The van der Waals surface area contributed by atoms with Crippen molar-refractivity contribution >= 4 is 11.9 Å². The van der Waals surface area contributed by atoms with Crippen molar-refractivity contribution in [1.29, 1.82) is 0 Å². The summed E-state index contributed by atoms with van der Waals surface area (Å²) in [5, 5.41) is 18.2. The molecule has 1 aromatic carbocycles. The van der Waals surface area contributed by atoms with Crippen molar-refractivity contribution in [2.75, 3.05) is 6.54 Å². The number of carboxylic acids is 1. The van der Waals surface area contributed by atoms with E-state index in [4.69, 9.17) is 5.11 Å². The van der Waals surface area contributed by atoms with Crippen LogP contribution in [0.5, 0.6) is 5.75 Å². The van der Waals surface area contributed by atoms with E-state index in [-0.39, 0.29) is 30.0 Å². The smallest absolute Gasteiger partial charge is 0.306 e. The van der Waals surface area contributed by atoms with Gasteiger partial charge in [0.2, 0.25) is 5.91 Å².